The number of nitrogens with two attached hydrogens (primary N) is 1. The van der Waals surface area contributed by atoms with Crippen molar-refractivity contribution >= 4 is 39.5 Å². The van der Waals surface area contributed by atoms with Crippen molar-refractivity contribution in [2.45, 2.75) is 38.1 Å². The van der Waals surface area contributed by atoms with E-state index in [1.807, 2.05) is 12.1 Å². The van der Waals surface area contributed by atoms with E-state index in [1.54, 1.807) is 6.33 Å². The summed E-state index contributed by atoms with van der Waals surface area (Å²) in [5, 5.41) is 4.74. The monoisotopic (exact) mass is 428 g/mol. The van der Waals surface area contributed by atoms with E-state index in [1.165, 1.54) is 12.0 Å². The van der Waals surface area contributed by atoms with Gasteiger partial charge in [-0.15, -0.1) is 0 Å². The molecule has 1 aromatic carbocycles. The summed E-state index contributed by atoms with van der Waals surface area (Å²) in [5.41, 5.74) is 9.08. The van der Waals surface area contributed by atoms with Crippen molar-refractivity contribution < 1.29 is 9.53 Å². The zero-order valence-electron chi connectivity index (χ0n) is 17.6. The second-order valence-electron chi connectivity index (χ2n) is 8.79. The van der Waals surface area contributed by atoms with Crippen molar-refractivity contribution in [1.82, 2.24) is 19.5 Å². The fraction of sp³-hybridized carbons (Fsp3) is 0.333. The van der Waals surface area contributed by atoms with E-state index in [4.69, 9.17) is 10.5 Å². The number of carbonyl (C=O) groups excluding carboxylic acids is 1. The van der Waals surface area contributed by atoms with Gasteiger partial charge in [0, 0.05) is 17.6 Å². The van der Waals surface area contributed by atoms with Crippen molar-refractivity contribution in [2.75, 3.05) is 17.7 Å². The van der Waals surface area contributed by atoms with Gasteiger partial charge < -0.3 is 20.4 Å². The average Bonchev–Trinajstić information content (AvgIpc) is 3.44. The number of pyridine rings is 1. The lowest BCUT2D eigenvalue weighted by molar-refractivity contribution is -0.118. The Bertz CT molecular complexity index is 1350. The van der Waals surface area contributed by atoms with Crippen LogP contribution in [0, 0.1) is 5.92 Å². The number of aryl methyl sites for hydroxylation is 1. The predicted octanol–water partition coefficient (Wildman–Crippen LogP) is 3.87. The summed E-state index contributed by atoms with van der Waals surface area (Å²) >= 11 is 0. The average molecular weight is 428 g/mol. The zero-order chi connectivity index (χ0) is 21.7. The number of hydrogen-bond acceptors (Lipinski definition) is 6. The van der Waals surface area contributed by atoms with E-state index in [9.17, 15) is 4.79 Å². The Hall–Kier alpha value is -3.68. The highest BCUT2D eigenvalue weighted by Crippen LogP contribution is 2.39. The Morgan fingerprint density at radius 1 is 1.19 bits per heavy atom. The molecule has 162 valence electrons. The number of rotatable bonds is 4. The van der Waals surface area contributed by atoms with Crippen molar-refractivity contribution in [2.24, 2.45) is 5.92 Å². The highest BCUT2D eigenvalue weighted by molar-refractivity contribution is 5.96. The van der Waals surface area contributed by atoms with Crippen LogP contribution in [0.4, 0.5) is 11.6 Å². The molecule has 1 fully saturated rings. The molecule has 8 nitrogen and oxygen atoms in total. The molecule has 4 heterocycles. The van der Waals surface area contributed by atoms with Gasteiger partial charge in [0.05, 0.1) is 10.9 Å². The molecule has 3 N–H and O–H groups in total. The number of nitrogen functional groups attached to an aromatic ring is 1. The highest BCUT2D eigenvalue weighted by atomic mass is 16.5. The smallest absolute Gasteiger partial charge is 0.263 e. The van der Waals surface area contributed by atoms with Crippen LogP contribution in [0.25, 0.3) is 21.9 Å². The van der Waals surface area contributed by atoms with Crippen molar-refractivity contribution in [1.29, 1.82) is 0 Å². The van der Waals surface area contributed by atoms with Crippen LogP contribution in [-0.2, 0) is 11.2 Å². The molecule has 4 aromatic rings. The third kappa shape index (κ3) is 3.32. The van der Waals surface area contributed by atoms with Gasteiger partial charge in [-0.1, -0.05) is 12.1 Å². The molecule has 1 amide bonds. The van der Waals surface area contributed by atoms with E-state index in [0.29, 0.717) is 29.3 Å². The number of aromatic nitrogens is 4. The SMILES string of the molecule is Nc1ncnc2c1ccn2C1CCC(CCc2ccc3cc4c(nc3c2)NC(=O)CO4)C1. The molecule has 2 atom stereocenters. The normalized spacial score (nSPS) is 20.3. The van der Waals surface area contributed by atoms with Gasteiger partial charge in [-0.05, 0) is 61.8 Å². The first kappa shape index (κ1) is 19.0. The Balaban J connectivity index is 1.15. The lowest BCUT2D eigenvalue weighted by Gasteiger charge is -2.17. The first-order chi connectivity index (χ1) is 15.6. The summed E-state index contributed by atoms with van der Waals surface area (Å²) in [4.78, 5) is 24.7. The molecule has 0 radical (unpaired) electrons. The first-order valence-corrected chi connectivity index (χ1v) is 11.1. The maximum atomic E-state index is 11.6. The number of fused-ring (bicyclic) bond motifs is 3. The number of hydrogen-bond donors (Lipinski definition) is 2. The van der Waals surface area contributed by atoms with Crippen LogP contribution in [0.15, 0.2) is 42.9 Å². The minimum absolute atomic E-state index is 0.0415. The van der Waals surface area contributed by atoms with Crippen LogP contribution in [0.2, 0.25) is 0 Å². The quantitative estimate of drug-likeness (QED) is 0.511. The van der Waals surface area contributed by atoms with Gasteiger partial charge in [0.25, 0.3) is 5.91 Å². The molecule has 8 heteroatoms. The van der Waals surface area contributed by atoms with E-state index in [0.717, 1.165) is 47.6 Å². The lowest BCUT2D eigenvalue weighted by atomic mass is 9.97. The molecule has 0 bridgehead atoms. The summed E-state index contributed by atoms with van der Waals surface area (Å²) < 4.78 is 7.74. The van der Waals surface area contributed by atoms with Crippen LogP contribution in [-0.4, -0.2) is 32.0 Å². The maximum absolute atomic E-state index is 11.6. The second kappa shape index (κ2) is 7.47. The summed E-state index contributed by atoms with van der Waals surface area (Å²) in [5.74, 6) is 2.19. The number of amides is 1. The van der Waals surface area contributed by atoms with E-state index in [2.05, 4.69) is 49.2 Å². The standard InChI is InChI=1S/C24H24N6O2/c25-22-18-7-8-30(24(18)27-13-26-22)17-6-4-14(9-17)1-2-15-3-5-16-11-20-23(28-19(16)10-15)29-21(31)12-32-20/h3,5,7-8,10-11,13-14,17H,1-2,4,6,9,12H2,(H2,25,26,27)(H,28,29,31). The fourth-order valence-corrected chi connectivity index (χ4v) is 5.08. The second-order valence-corrected chi connectivity index (χ2v) is 8.79. The van der Waals surface area contributed by atoms with Crippen molar-refractivity contribution in [3.8, 4) is 5.75 Å². The summed E-state index contributed by atoms with van der Waals surface area (Å²) in [6.45, 7) is 0.0415. The van der Waals surface area contributed by atoms with Gasteiger partial charge in [0.1, 0.15) is 17.8 Å². The van der Waals surface area contributed by atoms with Crippen LogP contribution in [0.5, 0.6) is 5.75 Å². The first-order valence-electron chi connectivity index (χ1n) is 11.1. The highest BCUT2D eigenvalue weighted by Gasteiger charge is 2.27. The van der Waals surface area contributed by atoms with Gasteiger partial charge in [-0.3, -0.25) is 4.79 Å². The van der Waals surface area contributed by atoms with Crippen LogP contribution in [0.3, 0.4) is 0 Å². The van der Waals surface area contributed by atoms with E-state index < -0.39 is 0 Å². The molecule has 1 aliphatic heterocycles. The minimum Gasteiger partial charge on any atom is -0.480 e. The molecule has 3 aromatic heterocycles. The van der Waals surface area contributed by atoms with Gasteiger partial charge in [0.15, 0.2) is 18.2 Å². The molecule has 0 saturated heterocycles. The molecular weight excluding hydrogens is 404 g/mol. The molecule has 6 rings (SSSR count). The maximum Gasteiger partial charge on any atom is 0.263 e. The number of carbonyl (C=O) groups is 1. The van der Waals surface area contributed by atoms with Crippen molar-refractivity contribution in [3.05, 3.63) is 48.4 Å². The van der Waals surface area contributed by atoms with Crippen LogP contribution >= 0.6 is 0 Å². The van der Waals surface area contributed by atoms with E-state index in [-0.39, 0.29) is 12.5 Å². The molecule has 2 unspecified atom stereocenters. The Kier molecular flexibility index (Phi) is 4.45. The Labute approximate surface area is 184 Å². The Morgan fingerprint density at radius 2 is 2.12 bits per heavy atom. The van der Waals surface area contributed by atoms with Gasteiger partial charge >= 0.3 is 0 Å². The van der Waals surface area contributed by atoms with Gasteiger partial charge in [-0.25, -0.2) is 15.0 Å². The molecule has 0 spiro atoms. The van der Waals surface area contributed by atoms with E-state index >= 15 is 0 Å². The number of nitrogens with one attached hydrogen (secondary N) is 1. The van der Waals surface area contributed by atoms with Gasteiger partial charge in [-0.2, -0.15) is 0 Å². The molecule has 1 saturated carbocycles. The Morgan fingerprint density at radius 3 is 3.06 bits per heavy atom. The van der Waals surface area contributed by atoms with Gasteiger partial charge in [0.2, 0.25) is 0 Å². The summed E-state index contributed by atoms with van der Waals surface area (Å²) in [6.07, 6.45) is 9.32. The zero-order valence-corrected chi connectivity index (χ0v) is 17.6. The largest absolute Gasteiger partial charge is 0.480 e. The minimum atomic E-state index is -0.166. The van der Waals surface area contributed by atoms with Crippen molar-refractivity contribution in [3.63, 3.8) is 0 Å². The molecule has 1 aliphatic carbocycles. The molecular formula is C24H24N6O2. The topological polar surface area (TPSA) is 108 Å². The van der Waals surface area contributed by atoms with Crippen LogP contribution < -0.4 is 15.8 Å². The predicted molar refractivity (Wildman–Crippen MR) is 123 cm³/mol. The molecule has 2 aliphatic rings. The number of anilines is 2. The number of nitrogens with zero attached hydrogens (tertiary/aromatic N) is 4. The number of ether oxygens (including phenoxy) is 1. The fourth-order valence-electron chi connectivity index (χ4n) is 5.08. The lowest BCUT2D eigenvalue weighted by Crippen LogP contribution is -2.26. The third-order valence-corrected chi connectivity index (χ3v) is 6.75. The van der Waals surface area contributed by atoms with Crippen LogP contribution in [0.1, 0.15) is 37.3 Å². The summed E-state index contributed by atoms with van der Waals surface area (Å²) in [6, 6.07) is 10.8. The number of benzene rings is 1. The third-order valence-electron chi connectivity index (χ3n) is 6.75. The molecule has 32 heavy (non-hydrogen) atoms. The summed E-state index contributed by atoms with van der Waals surface area (Å²) in [7, 11) is 0.